The summed E-state index contributed by atoms with van der Waals surface area (Å²) in [6, 6.07) is 5.00. The zero-order valence-corrected chi connectivity index (χ0v) is 10.1. The predicted molar refractivity (Wildman–Crippen MR) is 61.8 cm³/mol. The van der Waals surface area contributed by atoms with Crippen LogP contribution in [0, 0.1) is 13.8 Å². The van der Waals surface area contributed by atoms with Gasteiger partial charge in [-0.15, -0.1) is 0 Å². The molecule has 0 heterocycles. The van der Waals surface area contributed by atoms with Crippen LogP contribution < -0.4 is 0 Å². The number of ketones is 1. The van der Waals surface area contributed by atoms with Gasteiger partial charge in [-0.1, -0.05) is 23.8 Å². The molecule has 4 heteroatoms. The Kier molecular flexibility index (Phi) is 4.37. The maximum absolute atomic E-state index is 13.5. The Labute approximate surface area is 99.6 Å². The third-order valence-corrected chi connectivity index (χ3v) is 2.37. The molecule has 0 radical (unpaired) electrons. The summed E-state index contributed by atoms with van der Waals surface area (Å²) in [6.45, 7) is 5.20. The van der Waals surface area contributed by atoms with E-state index in [2.05, 4.69) is 4.74 Å². The van der Waals surface area contributed by atoms with E-state index in [1.54, 1.807) is 26.0 Å². The maximum atomic E-state index is 13.5. The fourth-order valence-electron chi connectivity index (χ4n) is 1.55. The van der Waals surface area contributed by atoms with Gasteiger partial charge in [0.15, 0.2) is 0 Å². The fourth-order valence-corrected chi connectivity index (χ4v) is 1.55. The summed E-state index contributed by atoms with van der Waals surface area (Å²) in [5.41, 5.74) is 1.85. The summed E-state index contributed by atoms with van der Waals surface area (Å²) >= 11 is 0. The number of Topliss-reactive ketones (excluding diaryl/α,β-unsaturated/α-hetero) is 1. The molecule has 0 amide bonds. The first-order chi connectivity index (χ1) is 7.97. The number of ether oxygens (including phenoxy) is 1. The van der Waals surface area contributed by atoms with Crippen molar-refractivity contribution in [1.82, 2.24) is 0 Å². The van der Waals surface area contributed by atoms with E-state index in [-0.39, 0.29) is 12.2 Å². The highest BCUT2D eigenvalue weighted by Crippen LogP contribution is 2.14. The molecule has 0 saturated heterocycles. The number of halogens is 1. The van der Waals surface area contributed by atoms with Crippen molar-refractivity contribution >= 4 is 11.8 Å². The van der Waals surface area contributed by atoms with E-state index in [0.717, 1.165) is 5.56 Å². The number of aryl methyl sites for hydroxylation is 2. The highest BCUT2D eigenvalue weighted by molar-refractivity contribution is 6.11. The van der Waals surface area contributed by atoms with E-state index in [1.807, 2.05) is 6.92 Å². The molecule has 0 aliphatic carbocycles. The van der Waals surface area contributed by atoms with Gasteiger partial charge in [0.2, 0.25) is 5.78 Å². The van der Waals surface area contributed by atoms with Gasteiger partial charge < -0.3 is 4.74 Å². The van der Waals surface area contributed by atoms with Gasteiger partial charge >= 0.3 is 5.97 Å². The van der Waals surface area contributed by atoms with Gasteiger partial charge in [-0.25, -0.2) is 9.18 Å². The topological polar surface area (TPSA) is 43.4 Å². The molecule has 0 saturated carbocycles. The van der Waals surface area contributed by atoms with Crippen molar-refractivity contribution in [2.24, 2.45) is 0 Å². The monoisotopic (exact) mass is 238 g/mol. The Bertz CT molecular complexity index is 440. The zero-order chi connectivity index (χ0) is 13.0. The minimum absolute atomic E-state index is 0.0550. The van der Waals surface area contributed by atoms with Crippen molar-refractivity contribution in [1.29, 1.82) is 0 Å². The molecule has 0 spiro atoms. The van der Waals surface area contributed by atoms with Crippen LogP contribution >= 0.6 is 0 Å². The third-order valence-electron chi connectivity index (χ3n) is 2.37. The summed E-state index contributed by atoms with van der Waals surface area (Å²) in [5.74, 6) is -1.97. The summed E-state index contributed by atoms with van der Waals surface area (Å²) in [5, 5.41) is 0. The Morgan fingerprint density at radius 2 is 2.00 bits per heavy atom. The Hall–Kier alpha value is -1.71. The van der Waals surface area contributed by atoms with E-state index in [0.29, 0.717) is 5.56 Å². The second-order valence-corrected chi connectivity index (χ2v) is 3.80. The van der Waals surface area contributed by atoms with E-state index < -0.39 is 17.9 Å². The van der Waals surface area contributed by atoms with Crippen LogP contribution in [-0.4, -0.2) is 24.5 Å². The standard InChI is InChI=1S/C13H15FO3/c1-4-17-13(16)11(14)12(15)10-6-5-8(2)7-9(10)3/h5-7,11H,4H2,1-3H3. The highest BCUT2D eigenvalue weighted by Gasteiger charge is 2.29. The minimum atomic E-state index is -2.24. The second kappa shape index (κ2) is 5.57. The molecule has 0 bridgehead atoms. The lowest BCUT2D eigenvalue weighted by molar-refractivity contribution is -0.147. The lowest BCUT2D eigenvalue weighted by Crippen LogP contribution is -2.28. The minimum Gasteiger partial charge on any atom is -0.463 e. The lowest BCUT2D eigenvalue weighted by atomic mass is 10.00. The van der Waals surface area contributed by atoms with E-state index in [4.69, 9.17) is 0 Å². The Morgan fingerprint density at radius 3 is 2.53 bits per heavy atom. The molecular formula is C13H15FO3. The molecule has 1 atom stereocenters. The van der Waals surface area contributed by atoms with Crippen LogP contribution in [0.4, 0.5) is 4.39 Å². The van der Waals surface area contributed by atoms with Gasteiger partial charge in [-0.3, -0.25) is 4.79 Å². The number of rotatable bonds is 4. The molecule has 0 aliphatic rings. The molecule has 0 fully saturated rings. The number of esters is 1. The van der Waals surface area contributed by atoms with Crippen LogP contribution in [0.25, 0.3) is 0 Å². The van der Waals surface area contributed by atoms with Crippen LogP contribution in [0.1, 0.15) is 28.4 Å². The second-order valence-electron chi connectivity index (χ2n) is 3.80. The average Bonchev–Trinajstić information content (AvgIpc) is 2.27. The molecule has 3 nitrogen and oxygen atoms in total. The van der Waals surface area contributed by atoms with Crippen LogP contribution in [0.5, 0.6) is 0 Å². The zero-order valence-electron chi connectivity index (χ0n) is 10.1. The Morgan fingerprint density at radius 1 is 1.35 bits per heavy atom. The van der Waals surface area contributed by atoms with Crippen LogP contribution in [0.15, 0.2) is 18.2 Å². The molecule has 0 aromatic heterocycles. The molecule has 1 aromatic carbocycles. The molecule has 92 valence electrons. The number of carbonyl (C=O) groups is 2. The lowest BCUT2D eigenvalue weighted by Gasteiger charge is -2.09. The summed E-state index contributed by atoms with van der Waals surface area (Å²) in [7, 11) is 0. The van der Waals surface area contributed by atoms with Gasteiger partial charge in [0.05, 0.1) is 6.61 Å². The fraction of sp³-hybridized carbons (Fsp3) is 0.385. The SMILES string of the molecule is CCOC(=O)C(F)C(=O)c1ccc(C)cc1C. The third kappa shape index (κ3) is 3.12. The molecular weight excluding hydrogens is 223 g/mol. The average molecular weight is 238 g/mol. The van der Waals surface area contributed by atoms with Crippen molar-refractivity contribution in [3.63, 3.8) is 0 Å². The predicted octanol–water partition coefficient (Wildman–Crippen LogP) is 2.39. The van der Waals surface area contributed by atoms with Crippen LogP contribution in [0.3, 0.4) is 0 Å². The molecule has 0 N–H and O–H groups in total. The summed E-state index contributed by atoms with van der Waals surface area (Å²) in [4.78, 5) is 22.8. The Balaban J connectivity index is 2.92. The van der Waals surface area contributed by atoms with Crippen molar-refractivity contribution in [3.8, 4) is 0 Å². The smallest absolute Gasteiger partial charge is 0.348 e. The first-order valence-electron chi connectivity index (χ1n) is 5.39. The molecule has 0 aliphatic heterocycles. The van der Waals surface area contributed by atoms with Crippen molar-refractivity contribution in [2.75, 3.05) is 6.61 Å². The summed E-state index contributed by atoms with van der Waals surface area (Å²) < 4.78 is 18.0. The largest absolute Gasteiger partial charge is 0.463 e. The van der Waals surface area contributed by atoms with Gasteiger partial charge in [0.25, 0.3) is 6.17 Å². The number of hydrogen-bond acceptors (Lipinski definition) is 3. The number of carbonyl (C=O) groups excluding carboxylic acids is 2. The van der Waals surface area contributed by atoms with Crippen molar-refractivity contribution < 1.29 is 18.7 Å². The highest BCUT2D eigenvalue weighted by atomic mass is 19.1. The molecule has 1 rings (SSSR count). The maximum Gasteiger partial charge on any atom is 0.348 e. The molecule has 1 aromatic rings. The summed E-state index contributed by atoms with van der Waals surface area (Å²) in [6.07, 6.45) is -2.24. The number of benzene rings is 1. The first-order valence-corrected chi connectivity index (χ1v) is 5.39. The molecule has 17 heavy (non-hydrogen) atoms. The number of alkyl halides is 1. The van der Waals surface area contributed by atoms with E-state index >= 15 is 0 Å². The van der Waals surface area contributed by atoms with E-state index in [9.17, 15) is 14.0 Å². The van der Waals surface area contributed by atoms with E-state index in [1.165, 1.54) is 6.07 Å². The number of hydrogen-bond donors (Lipinski definition) is 0. The van der Waals surface area contributed by atoms with Crippen LogP contribution in [-0.2, 0) is 9.53 Å². The van der Waals surface area contributed by atoms with Gasteiger partial charge in [-0.2, -0.15) is 0 Å². The normalized spacial score (nSPS) is 12.0. The quantitative estimate of drug-likeness (QED) is 0.459. The van der Waals surface area contributed by atoms with Gasteiger partial charge in [0.1, 0.15) is 0 Å². The van der Waals surface area contributed by atoms with Gasteiger partial charge in [-0.05, 0) is 26.3 Å². The van der Waals surface area contributed by atoms with Crippen LogP contribution in [0.2, 0.25) is 0 Å². The first kappa shape index (κ1) is 13.4. The molecule has 1 unspecified atom stereocenters. The van der Waals surface area contributed by atoms with Crippen molar-refractivity contribution in [2.45, 2.75) is 26.9 Å². The van der Waals surface area contributed by atoms with Crippen molar-refractivity contribution in [3.05, 3.63) is 34.9 Å². The van der Waals surface area contributed by atoms with Gasteiger partial charge in [0, 0.05) is 5.56 Å².